The van der Waals surface area contributed by atoms with Crippen LogP contribution in [-0.2, 0) is 20.7 Å². The van der Waals surface area contributed by atoms with Gasteiger partial charge < -0.3 is 24.7 Å². The van der Waals surface area contributed by atoms with Crippen LogP contribution in [0.4, 0.5) is 0 Å². The van der Waals surface area contributed by atoms with Crippen LogP contribution >= 0.6 is 0 Å². The van der Waals surface area contributed by atoms with Gasteiger partial charge in [0.15, 0.2) is 12.1 Å². The molecule has 1 aromatic carbocycles. The van der Waals surface area contributed by atoms with Crippen LogP contribution in [0.5, 0.6) is 0 Å². The van der Waals surface area contributed by atoms with E-state index in [1.807, 2.05) is 29.2 Å². The number of hydrogen-bond acceptors (Lipinski definition) is 7. The van der Waals surface area contributed by atoms with Crippen LogP contribution in [0.1, 0.15) is 29.4 Å². The molecule has 5 rings (SSSR count). The summed E-state index contributed by atoms with van der Waals surface area (Å²) in [7, 11) is 3.11. The van der Waals surface area contributed by atoms with Gasteiger partial charge in [-0.3, -0.25) is 14.5 Å². The molecule has 0 radical (unpaired) electrons. The number of carbonyl (C=O) groups is 2. The zero-order chi connectivity index (χ0) is 21.4. The third-order valence-corrected chi connectivity index (χ3v) is 7.84. The second-order valence-electron chi connectivity index (χ2n) is 8.79. The maximum Gasteiger partial charge on any atom is 0.316 e. The lowest BCUT2D eigenvalue weighted by atomic mass is 9.61. The molecule has 8 nitrogen and oxygen atoms in total. The van der Waals surface area contributed by atoms with E-state index in [2.05, 4.69) is 4.98 Å². The van der Waals surface area contributed by atoms with Gasteiger partial charge in [-0.15, -0.1) is 0 Å². The largest absolute Gasteiger partial charge is 0.468 e. The molecular formula is C22H26N2O6. The number of hydrogen-bond donors (Lipinski definition) is 3. The number of Topliss-reactive ketones (excluding diaryl/α,β-unsaturated/α-hetero) is 1. The van der Waals surface area contributed by atoms with Gasteiger partial charge >= 0.3 is 5.97 Å². The molecule has 8 heteroatoms. The number of H-pyrrole nitrogens is 1. The van der Waals surface area contributed by atoms with E-state index in [4.69, 9.17) is 9.47 Å². The van der Waals surface area contributed by atoms with Crippen LogP contribution in [0.25, 0.3) is 10.9 Å². The lowest BCUT2D eigenvalue weighted by Gasteiger charge is -2.50. The molecule has 3 heterocycles. The smallest absolute Gasteiger partial charge is 0.316 e. The van der Waals surface area contributed by atoms with Crippen molar-refractivity contribution in [2.24, 2.45) is 11.3 Å². The number of carbonyl (C=O) groups excluding carboxylic acids is 2. The SMILES string of the molecule is COC(=O)[C@@]12CO[C@H](O)[C@]3([C@@H](C)O)[C@@H]1CC(=O)c1[nH]c4ccccc4c1C[C@@H]2N3C. The highest BCUT2D eigenvalue weighted by Gasteiger charge is 2.76. The van der Waals surface area contributed by atoms with Gasteiger partial charge in [0.2, 0.25) is 0 Å². The number of aromatic amines is 1. The average molecular weight is 414 g/mol. The van der Waals surface area contributed by atoms with Gasteiger partial charge in [0.05, 0.1) is 25.5 Å². The summed E-state index contributed by atoms with van der Waals surface area (Å²) >= 11 is 0. The fraction of sp³-hybridized carbons (Fsp3) is 0.545. The molecule has 4 bridgehead atoms. The lowest BCUT2D eigenvalue weighted by Crippen LogP contribution is -2.67. The van der Waals surface area contributed by atoms with Crippen molar-refractivity contribution in [3.05, 3.63) is 35.5 Å². The lowest BCUT2D eigenvalue weighted by molar-refractivity contribution is -0.251. The Morgan fingerprint density at radius 2 is 2.10 bits per heavy atom. The number of para-hydroxylation sites is 1. The summed E-state index contributed by atoms with van der Waals surface area (Å²) in [5, 5.41) is 22.7. The van der Waals surface area contributed by atoms with E-state index in [0.717, 1.165) is 16.5 Å². The van der Waals surface area contributed by atoms with E-state index in [1.54, 1.807) is 14.0 Å². The van der Waals surface area contributed by atoms with E-state index < -0.39 is 41.3 Å². The van der Waals surface area contributed by atoms with E-state index in [-0.39, 0.29) is 18.8 Å². The minimum Gasteiger partial charge on any atom is -0.468 e. The number of ketones is 1. The number of nitrogens with zero attached hydrogens (tertiary/aromatic N) is 1. The van der Waals surface area contributed by atoms with Crippen molar-refractivity contribution in [3.8, 4) is 0 Å². The molecule has 6 atom stereocenters. The number of esters is 1. The minimum atomic E-state index is -1.34. The van der Waals surface area contributed by atoms with Crippen LogP contribution in [0.3, 0.4) is 0 Å². The Kier molecular flexibility index (Phi) is 4.18. The second-order valence-corrected chi connectivity index (χ2v) is 8.79. The molecule has 2 aliphatic heterocycles. The molecule has 1 aromatic heterocycles. The number of likely N-dealkylation sites (N-methyl/N-ethyl adjacent to an activating group) is 1. The number of aliphatic hydroxyl groups is 2. The molecule has 1 aliphatic carbocycles. The van der Waals surface area contributed by atoms with Gasteiger partial charge in [-0.25, -0.2) is 0 Å². The summed E-state index contributed by atoms with van der Waals surface area (Å²) in [5.41, 5.74) is -0.224. The predicted octanol–water partition coefficient (Wildman–Crippen LogP) is 0.855. The molecule has 3 aliphatic rings. The number of aliphatic hydroxyl groups excluding tert-OH is 2. The van der Waals surface area contributed by atoms with E-state index >= 15 is 0 Å². The Morgan fingerprint density at radius 3 is 2.80 bits per heavy atom. The first-order chi connectivity index (χ1) is 14.3. The summed E-state index contributed by atoms with van der Waals surface area (Å²) in [6.07, 6.45) is -2.01. The number of methoxy groups -OCH3 is 1. The highest BCUT2D eigenvalue weighted by Crippen LogP contribution is 2.60. The Balaban J connectivity index is 1.79. The van der Waals surface area contributed by atoms with Crippen LogP contribution < -0.4 is 0 Å². The Labute approximate surface area is 173 Å². The van der Waals surface area contributed by atoms with Crippen molar-refractivity contribution < 1.29 is 29.3 Å². The van der Waals surface area contributed by atoms with Crippen LogP contribution in [0.15, 0.2) is 24.3 Å². The van der Waals surface area contributed by atoms with Crippen molar-refractivity contribution in [1.82, 2.24) is 9.88 Å². The first-order valence-electron chi connectivity index (χ1n) is 10.2. The first kappa shape index (κ1) is 19.7. The number of ether oxygens (including phenoxy) is 2. The van der Waals surface area contributed by atoms with Crippen molar-refractivity contribution in [3.63, 3.8) is 0 Å². The summed E-state index contributed by atoms with van der Waals surface area (Å²) in [6, 6.07) is 7.28. The monoisotopic (exact) mass is 414 g/mol. The molecule has 2 aromatic rings. The number of aromatic nitrogens is 1. The molecule has 0 spiro atoms. The van der Waals surface area contributed by atoms with Crippen molar-refractivity contribution in [2.45, 2.75) is 43.7 Å². The Morgan fingerprint density at radius 1 is 1.37 bits per heavy atom. The molecule has 3 N–H and O–H groups in total. The predicted molar refractivity (Wildman–Crippen MR) is 107 cm³/mol. The zero-order valence-electron chi connectivity index (χ0n) is 17.2. The van der Waals surface area contributed by atoms with Crippen molar-refractivity contribution in [1.29, 1.82) is 0 Å². The molecular weight excluding hydrogens is 388 g/mol. The summed E-state index contributed by atoms with van der Waals surface area (Å²) in [4.78, 5) is 31.8. The van der Waals surface area contributed by atoms with Gasteiger partial charge in [-0.1, -0.05) is 18.2 Å². The molecule has 2 saturated heterocycles. The molecule has 0 amide bonds. The zero-order valence-corrected chi connectivity index (χ0v) is 17.2. The third-order valence-electron chi connectivity index (χ3n) is 7.84. The van der Waals surface area contributed by atoms with Crippen LogP contribution in [0.2, 0.25) is 0 Å². The molecule has 160 valence electrons. The van der Waals surface area contributed by atoms with E-state index in [1.165, 1.54) is 7.11 Å². The van der Waals surface area contributed by atoms with Crippen molar-refractivity contribution >= 4 is 22.7 Å². The normalized spacial score (nSPS) is 36.8. The maximum atomic E-state index is 13.5. The molecule has 0 unspecified atom stereocenters. The summed E-state index contributed by atoms with van der Waals surface area (Å²) in [5.74, 6) is -1.29. The van der Waals surface area contributed by atoms with Gasteiger partial charge in [-0.2, -0.15) is 0 Å². The Bertz CT molecular complexity index is 1050. The molecule has 0 saturated carbocycles. The standard InChI is InChI=1S/C22H26N2O6/c1-11(25)22-16-9-15(26)18-13(12-6-4-5-7-14(12)23-18)8-17(24(22)2)21(16,19(27)29-3)10-30-20(22)28/h4-7,11,16-17,20,23,25,28H,8-10H2,1-3H3/t11-,16-,17+,20+,21+,22+/m1/s1. The third kappa shape index (κ3) is 2.09. The Hall–Kier alpha value is -2.26. The maximum absolute atomic E-state index is 13.5. The molecule has 30 heavy (non-hydrogen) atoms. The summed E-state index contributed by atoms with van der Waals surface area (Å²) in [6.45, 7) is 1.50. The first-order valence-corrected chi connectivity index (χ1v) is 10.2. The van der Waals surface area contributed by atoms with Crippen LogP contribution in [-0.4, -0.2) is 76.6 Å². The van der Waals surface area contributed by atoms with Gasteiger partial charge in [0.1, 0.15) is 11.0 Å². The average Bonchev–Trinajstić information content (AvgIpc) is 3.16. The van der Waals surface area contributed by atoms with Crippen molar-refractivity contribution in [2.75, 3.05) is 20.8 Å². The molecule has 2 fully saturated rings. The number of likely N-dealkylation sites (tertiary alicyclic amines) is 1. The van der Waals surface area contributed by atoms with Gasteiger partial charge in [0, 0.05) is 29.3 Å². The van der Waals surface area contributed by atoms with Crippen LogP contribution in [0, 0.1) is 11.3 Å². The number of nitrogens with one attached hydrogen (secondary N) is 1. The quantitative estimate of drug-likeness (QED) is 0.625. The fourth-order valence-corrected chi connectivity index (χ4v) is 6.51. The number of fused-ring (bicyclic) bond motifs is 3. The van der Waals surface area contributed by atoms with Gasteiger partial charge in [-0.05, 0) is 32.0 Å². The second kappa shape index (κ2) is 6.37. The fourth-order valence-electron chi connectivity index (χ4n) is 6.51. The van der Waals surface area contributed by atoms with Gasteiger partial charge in [0.25, 0.3) is 0 Å². The minimum absolute atomic E-state index is 0.0128. The highest BCUT2D eigenvalue weighted by atomic mass is 16.6. The number of benzene rings is 1. The number of rotatable bonds is 2. The van der Waals surface area contributed by atoms with E-state index in [0.29, 0.717) is 12.1 Å². The summed E-state index contributed by atoms with van der Waals surface area (Å²) < 4.78 is 10.9. The van der Waals surface area contributed by atoms with E-state index in [9.17, 15) is 19.8 Å². The highest BCUT2D eigenvalue weighted by molar-refractivity contribution is 6.03. The topological polar surface area (TPSA) is 112 Å².